The number of amides is 1. The second-order valence-electron chi connectivity index (χ2n) is 7.88. The van der Waals surface area contributed by atoms with Crippen LogP contribution in [0, 0.1) is 0 Å². The van der Waals surface area contributed by atoms with Crippen molar-refractivity contribution in [3.8, 4) is 0 Å². The van der Waals surface area contributed by atoms with Gasteiger partial charge in [-0.05, 0) is 6.92 Å². The van der Waals surface area contributed by atoms with Crippen LogP contribution in [-0.2, 0) is 23.8 Å². The summed E-state index contributed by atoms with van der Waals surface area (Å²) < 4.78 is 7.51. The molecule has 3 rings (SSSR count). The van der Waals surface area contributed by atoms with Crippen LogP contribution in [0.15, 0.2) is 28.0 Å². The highest BCUT2D eigenvalue weighted by molar-refractivity contribution is 5.98. The number of oxazole rings is 1. The molecule has 1 aliphatic rings. The Hall–Kier alpha value is -2.84. The first-order valence-corrected chi connectivity index (χ1v) is 9.55. The van der Waals surface area contributed by atoms with Crippen LogP contribution in [-0.4, -0.2) is 57.7 Å². The maximum Gasteiger partial charge on any atom is 0.246 e. The number of aryl methyl sites for hydroxylation is 1. The first kappa shape index (κ1) is 19.9. The van der Waals surface area contributed by atoms with Gasteiger partial charge in [-0.25, -0.2) is 9.98 Å². The fourth-order valence-corrected chi connectivity index (χ4v) is 2.97. The number of aromatic nitrogens is 3. The minimum atomic E-state index is -0.0888. The number of hydrogen-bond acceptors (Lipinski definition) is 5. The molecule has 0 spiro atoms. The number of nitrogens with zero attached hydrogens (tertiary/aromatic N) is 6. The summed E-state index contributed by atoms with van der Waals surface area (Å²) in [6, 6.07) is 0. The maximum atomic E-state index is 12.6. The van der Waals surface area contributed by atoms with Crippen LogP contribution in [0.3, 0.4) is 0 Å². The van der Waals surface area contributed by atoms with Crippen molar-refractivity contribution in [2.75, 3.05) is 31.1 Å². The molecule has 0 aromatic carbocycles. The van der Waals surface area contributed by atoms with Crippen LogP contribution < -0.4 is 10.2 Å². The minimum Gasteiger partial charge on any atom is -0.443 e. The van der Waals surface area contributed by atoms with Crippen LogP contribution in [0.2, 0.25) is 0 Å². The molecular formula is C19H29N7O2. The van der Waals surface area contributed by atoms with E-state index in [0.29, 0.717) is 38.0 Å². The molecule has 1 amide bonds. The Bertz CT molecular complexity index is 847. The van der Waals surface area contributed by atoms with Crippen molar-refractivity contribution in [2.45, 2.75) is 39.7 Å². The molecule has 1 aliphatic heterocycles. The second kappa shape index (κ2) is 8.04. The first-order valence-electron chi connectivity index (χ1n) is 9.55. The number of anilines is 1. The van der Waals surface area contributed by atoms with Gasteiger partial charge in [0.2, 0.25) is 11.8 Å². The van der Waals surface area contributed by atoms with Gasteiger partial charge in [0.05, 0.1) is 18.1 Å². The number of piperazine rings is 1. The molecule has 1 fully saturated rings. The number of rotatable bonds is 4. The molecule has 0 atom stereocenters. The fourth-order valence-electron chi connectivity index (χ4n) is 2.97. The fraction of sp³-hybridized carbons (Fsp3) is 0.579. The van der Waals surface area contributed by atoms with E-state index in [0.717, 1.165) is 11.4 Å². The predicted molar refractivity (Wildman–Crippen MR) is 107 cm³/mol. The van der Waals surface area contributed by atoms with Crippen LogP contribution in [0.25, 0.3) is 0 Å². The van der Waals surface area contributed by atoms with Crippen molar-refractivity contribution in [3.63, 3.8) is 0 Å². The van der Waals surface area contributed by atoms with E-state index in [1.54, 1.807) is 22.0 Å². The molecule has 0 saturated carbocycles. The maximum absolute atomic E-state index is 12.6. The average molecular weight is 387 g/mol. The zero-order valence-electron chi connectivity index (χ0n) is 17.3. The summed E-state index contributed by atoms with van der Waals surface area (Å²) in [6.45, 7) is 10.8. The summed E-state index contributed by atoms with van der Waals surface area (Å²) in [5.74, 6) is 2.12. The number of carbonyl (C=O) groups is 1. The lowest BCUT2D eigenvalue weighted by Gasteiger charge is -2.35. The molecule has 1 saturated heterocycles. The largest absolute Gasteiger partial charge is 0.443 e. The first-order chi connectivity index (χ1) is 13.3. The van der Waals surface area contributed by atoms with Gasteiger partial charge in [0, 0.05) is 38.3 Å². The number of hydrogen-bond donors (Lipinski definition) is 1. The van der Waals surface area contributed by atoms with Gasteiger partial charge < -0.3 is 19.5 Å². The lowest BCUT2D eigenvalue weighted by molar-refractivity contribution is -0.120. The highest BCUT2D eigenvalue weighted by Gasteiger charge is 2.28. The summed E-state index contributed by atoms with van der Waals surface area (Å²) in [5, 5.41) is 7.41. The number of carbonyl (C=O) groups excluding carboxylic acids is 1. The number of aliphatic imine (C=N–C) groups is 1. The molecule has 0 bridgehead atoms. The zero-order valence-corrected chi connectivity index (χ0v) is 17.3. The van der Waals surface area contributed by atoms with Gasteiger partial charge in [0.15, 0.2) is 5.96 Å². The summed E-state index contributed by atoms with van der Waals surface area (Å²) in [4.78, 5) is 25.3. The summed E-state index contributed by atoms with van der Waals surface area (Å²) in [6.07, 6.45) is 5.32. The summed E-state index contributed by atoms with van der Waals surface area (Å²) in [7, 11) is 1.84. The van der Waals surface area contributed by atoms with Gasteiger partial charge in [0.25, 0.3) is 0 Å². The van der Waals surface area contributed by atoms with Gasteiger partial charge in [-0.1, -0.05) is 20.8 Å². The van der Waals surface area contributed by atoms with Crippen LogP contribution in [0.1, 0.15) is 39.3 Å². The van der Waals surface area contributed by atoms with E-state index < -0.39 is 0 Å². The topological polar surface area (TPSA) is 91.8 Å². The molecule has 0 unspecified atom stereocenters. The Labute approximate surface area is 165 Å². The molecule has 3 heterocycles. The second-order valence-corrected chi connectivity index (χ2v) is 7.88. The number of guanidine groups is 1. The van der Waals surface area contributed by atoms with Crippen molar-refractivity contribution < 1.29 is 9.21 Å². The van der Waals surface area contributed by atoms with Crippen LogP contribution in [0.4, 0.5) is 5.69 Å². The van der Waals surface area contributed by atoms with E-state index in [1.807, 2.05) is 25.1 Å². The predicted octanol–water partition coefficient (Wildman–Crippen LogP) is 1.52. The Balaban J connectivity index is 1.68. The molecule has 2 aromatic rings. The summed E-state index contributed by atoms with van der Waals surface area (Å²) >= 11 is 0. The van der Waals surface area contributed by atoms with Crippen molar-refractivity contribution in [3.05, 3.63) is 30.2 Å². The van der Waals surface area contributed by atoms with E-state index in [2.05, 4.69) is 41.2 Å². The molecule has 1 N–H and O–H groups in total. The quantitative estimate of drug-likeness (QED) is 0.632. The highest BCUT2D eigenvalue weighted by Crippen LogP contribution is 2.23. The Morgan fingerprint density at radius 1 is 1.32 bits per heavy atom. The third kappa shape index (κ3) is 4.52. The molecule has 2 aromatic heterocycles. The van der Waals surface area contributed by atoms with Crippen molar-refractivity contribution >= 4 is 17.6 Å². The third-order valence-electron chi connectivity index (χ3n) is 4.51. The molecule has 9 nitrogen and oxygen atoms in total. The third-order valence-corrected chi connectivity index (χ3v) is 4.51. The molecule has 28 heavy (non-hydrogen) atoms. The van der Waals surface area contributed by atoms with E-state index >= 15 is 0 Å². The lowest BCUT2D eigenvalue weighted by Crippen LogP contribution is -2.55. The van der Waals surface area contributed by atoms with Crippen molar-refractivity contribution in [1.82, 2.24) is 25.0 Å². The van der Waals surface area contributed by atoms with E-state index in [9.17, 15) is 4.79 Å². The van der Waals surface area contributed by atoms with Crippen LogP contribution >= 0.6 is 0 Å². The standard InChI is InChI=1S/C19H29N7O2/c1-6-20-18(22-11-16-21-10-15(28-16)19(2,3)4)25-7-8-26(17(27)13-25)14-9-23-24(5)12-14/h9-10,12H,6-8,11,13H2,1-5H3,(H,20,22). The van der Waals surface area contributed by atoms with Crippen LogP contribution in [0.5, 0.6) is 0 Å². The van der Waals surface area contributed by atoms with Gasteiger partial charge in [-0.3, -0.25) is 9.48 Å². The Kier molecular flexibility index (Phi) is 5.71. The molecule has 0 aliphatic carbocycles. The van der Waals surface area contributed by atoms with Crippen molar-refractivity contribution in [1.29, 1.82) is 0 Å². The highest BCUT2D eigenvalue weighted by atomic mass is 16.4. The number of nitrogens with one attached hydrogen (secondary N) is 1. The zero-order chi connectivity index (χ0) is 20.3. The molecule has 152 valence electrons. The van der Waals surface area contributed by atoms with E-state index in [1.165, 1.54) is 0 Å². The molecular weight excluding hydrogens is 358 g/mol. The minimum absolute atomic E-state index is 0.0241. The van der Waals surface area contributed by atoms with E-state index in [4.69, 9.17) is 4.42 Å². The van der Waals surface area contributed by atoms with Gasteiger partial charge in [0.1, 0.15) is 18.8 Å². The van der Waals surface area contributed by atoms with E-state index in [-0.39, 0.29) is 17.9 Å². The normalized spacial score (nSPS) is 16.0. The van der Waals surface area contributed by atoms with Crippen molar-refractivity contribution in [2.24, 2.45) is 12.0 Å². The average Bonchev–Trinajstić information content (AvgIpc) is 3.27. The summed E-state index contributed by atoms with van der Waals surface area (Å²) in [5.41, 5.74) is 0.734. The Morgan fingerprint density at radius 3 is 2.68 bits per heavy atom. The molecule has 0 radical (unpaired) electrons. The van der Waals surface area contributed by atoms with Gasteiger partial charge >= 0.3 is 0 Å². The SMILES string of the molecule is CCNC(=NCc1ncc(C(C)(C)C)o1)N1CCN(c2cnn(C)c2)C(=O)C1. The van der Waals surface area contributed by atoms with Gasteiger partial charge in [-0.2, -0.15) is 5.10 Å². The molecule has 9 heteroatoms. The lowest BCUT2D eigenvalue weighted by atomic mass is 9.94. The Morgan fingerprint density at radius 2 is 2.11 bits per heavy atom. The smallest absolute Gasteiger partial charge is 0.246 e. The monoisotopic (exact) mass is 387 g/mol. The van der Waals surface area contributed by atoms with Gasteiger partial charge in [-0.15, -0.1) is 0 Å².